The van der Waals surface area contributed by atoms with E-state index in [4.69, 9.17) is 0 Å². The molecule has 3 heterocycles. The van der Waals surface area contributed by atoms with Crippen molar-refractivity contribution in [3.8, 4) is 5.75 Å². The fourth-order valence-electron chi connectivity index (χ4n) is 4.57. The van der Waals surface area contributed by atoms with Crippen LogP contribution in [0.5, 0.6) is 5.75 Å². The molecule has 7 nitrogen and oxygen atoms in total. The largest absolute Gasteiger partial charge is 0.503 e. The number of aromatic nitrogens is 1. The Morgan fingerprint density at radius 1 is 1.14 bits per heavy atom. The van der Waals surface area contributed by atoms with Gasteiger partial charge < -0.3 is 19.9 Å². The smallest absolute Gasteiger partial charge is 0.274 e. The highest BCUT2D eigenvalue weighted by Crippen LogP contribution is 2.36. The van der Waals surface area contributed by atoms with E-state index in [2.05, 4.69) is 21.2 Å². The van der Waals surface area contributed by atoms with Gasteiger partial charge >= 0.3 is 0 Å². The maximum atomic E-state index is 13.9. The number of nitrogens with zero attached hydrogens (tertiary/aromatic N) is 2. The quantitative estimate of drug-likeness (QED) is 0.526. The lowest BCUT2D eigenvalue weighted by atomic mass is 9.97. The third-order valence-electron chi connectivity index (χ3n) is 6.32. The van der Waals surface area contributed by atoms with Crippen LogP contribution < -0.4 is 10.7 Å². The molecule has 0 aliphatic carbocycles. The van der Waals surface area contributed by atoms with E-state index in [1.54, 1.807) is 4.90 Å². The number of benzene rings is 2. The van der Waals surface area contributed by atoms with Crippen molar-refractivity contribution in [2.45, 2.75) is 19.0 Å². The van der Waals surface area contributed by atoms with Gasteiger partial charge in [-0.1, -0.05) is 22.0 Å². The van der Waals surface area contributed by atoms with E-state index in [1.165, 1.54) is 10.8 Å². The van der Waals surface area contributed by atoms with Gasteiger partial charge in [0.05, 0.1) is 6.04 Å². The molecule has 0 spiro atoms. The van der Waals surface area contributed by atoms with Gasteiger partial charge in [-0.15, -0.1) is 0 Å². The van der Waals surface area contributed by atoms with E-state index in [0.717, 1.165) is 15.6 Å². The van der Waals surface area contributed by atoms with Crippen molar-refractivity contribution in [1.82, 2.24) is 14.8 Å². The van der Waals surface area contributed by atoms with E-state index in [9.17, 15) is 32.7 Å². The topological polar surface area (TPSA) is 91.6 Å². The Hall–Kier alpha value is -3.60. The predicted molar refractivity (Wildman–Crippen MR) is 122 cm³/mol. The molecule has 2 amide bonds. The lowest BCUT2D eigenvalue weighted by Gasteiger charge is -2.35. The van der Waals surface area contributed by atoms with Crippen molar-refractivity contribution < 1.29 is 27.9 Å². The number of hydrogen-bond acceptors (Lipinski definition) is 4. The number of hydrogen-bond donors (Lipinski definition) is 2. The molecule has 3 aromatic rings. The van der Waals surface area contributed by atoms with E-state index < -0.39 is 64.2 Å². The fraction of sp³-hybridized carbons (Fsp3) is 0.208. The standard InChI is InChI=1S/C24H17BrF3N3O4/c25-12-2-1-11-3-4-30-10-19(14(11)5-12)31-9-16(21(32)22(33)20(31)24(30)35)23(34)29-8-15-17(27)6-13(26)7-18(15)28/h1-2,5-7,9,19,33H,3-4,8,10H2,(H,29,34)/t19-/m1/s1. The number of carbonyl (C=O) groups excluding carboxylic acids is 2. The summed E-state index contributed by atoms with van der Waals surface area (Å²) < 4.78 is 43.2. The molecular formula is C24H17BrF3N3O4. The lowest BCUT2D eigenvalue weighted by molar-refractivity contribution is 0.0686. The maximum absolute atomic E-state index is 13.9. The minimum atomic E-state index is -1.20. The summed E-state index contributed by atoms with van der Waals surface area (Å²) in [6, 6.07) is 6.15. The van der Waals surface area contributed by atoms with Gasteiger partial charge in [0.1, 0.15) is 23.0 Å². The van der Waals surface area contributed by atoms with Crippen LogP contribution in [0.1, 0.15) is 43.6 Å². The molecule has 2 aliphatic rings. The summed E-state index contributed by atoms with van der Waals surface area (Å²) in [5, 5.41) is 12.9. The van der Waals surface area contributed by atoms with Crippen LogP contribution in [0.3, 0.4) is 0 Å². The zero-order valence-electron chi connectivity index (χ0n) is 17.9. The van der Waals surface area contributed by atoms with E-state index >= 15 is 0 Å². The minimum absolute atomic E-state index is 0.230. The van der Waals surface area contributed by atoms with Crippen molar-refractivity contribution in [3.05, 3.63) is 96.6 Å². The van der Waals surface area contributed by atoms with Gasteiger partial charge in [-0.25, -0.2) is 13.2 Å². The Morgan fingerprint density at radius 2 is 1.86 bits per heavy atom. The Kier molecular flexibility index (Phi) is 5.66. The monoisotopic (exact) mass is 547 g/mol. The average Bonchev–Trinajstić information content (AvgIpc) is 2.96. The summed E-state index contributed by atoms with van der Waals surface area (Å²) in [7, 11) is 0. The molecule has 2 aromatic carbocycles. The molecule has 2 aliphatic heterocycles. The fourth-order valence-corrected chi connectivity index (χ4v) is 4.95. The normalized spacial score (nSPS) is 16.4. The van der Waals surface area contributed by atoms with Crippen molar-refractivity contribution in [2.75, 3.05) is 13.1 Å². The van der Waals surface area contributed by atoms with Gasteiger partial charge in [0, 0.05) is 48.0 Å². The molecule has 180 valence electrons. The molecule has 2 bridgehead atoms. The SMILES string of the molecule is O=C(NCc1c(F)cc(F)cc1F)c1cn2c(c(O)c1=O)C(=O)N1CCc3ccc(Br)cc3[C@H]2C1. The van der Waals surface area contributed by atoms with Gasteiger partial charge in [0.15, 0.2) is 11.4 Å². The van der Waals surface area contributed by atoms with E-state index in [-0.39, 0.29) is 12.2 Å². The molecule has 0 radical (unpaired) electrons. The van der Waals surface area contributed by atoms with Crippen LogP contribution in [0.25, 0.3) is 0 Å². The van der Waals surface area contributed by atoms with Crippen LogP contribution in [0.15, 0.2) is 45.8 Å². The highest BCUT2D eigenvalue weighted by atomic mass is 79.9. The third-order valence-corrected chi connectivity index (χ3v) is 6.82. The minimum Gasteiger partial charge on any atom is -0.503 e. The van der Waals surface area contributed by atoms with Gasteiger partial charge in [0.25, 0.3) is 11.8 Å². The molecule has 11 heteroatoms. The van der Waals surface area contributed by atoms with Gasteiger partial charge in [0.2, 0.25) is 5.43 Å². The average molecular weight is 548 g/mol. The Bertz CT molecular complexity index is 1450. The molecule has 0 saturated carbocycles. The number of pyridine rings is 1. The molecule has 2 N–H and O–H groups in total. The third kappa shape index (κ3) is 3.89. The number of halogens is 4. The van der Waals surface area contributed by atoms with Crippen LogP contribution in [-0.4, -0.2) is 39.5 Å². The zero-order chi connectivity index (χ0) is 25.0. The second-order valence-corrected chi connectivity index (χ2v) is 9.28. The van der Waals surface area contributed by atoms with Crippen LogP contribution in [0.2, 0.25) is 0 Å². The Morgan fingerprint density at radius 3 is 2.57 bits per heavy atom. The first-order valence-corrected chi connectivity index (χ1v) is 11.4. The van der Waals surface area contributed by atoms with E-state index in [0.29, 0.717) is 25.1 Å². The summed E-state index contributed by atoms with van der Waals surface area (Å²) in [5.41, 5.74) is -0.567. The van der Waals surface area contributed by atoms with Crippen LogP contribution in [0.4, 0.5) is 13.2 Å². The van der Waals surface area contributed by atoms with Crippen molar-refractivity contribution in [2.24, 2.45) is 0 Å². The highest BCUT2D eigenvalue weighted by Gasteiger charge is 2.38. The first-order chi connectivity index (χ1) is 16.7. The maximum Gasteiger partial charge on any atom is 0.274 e. The molecule has 1 atom stereocenters. The van der Waals surface area contributed by atoms with Crippen LogP contribution in [-0.2, 0) is 13.0 Å². The Balaban J connectivity index is 1.56. The predicted octanol–water partition coefficient (Wildman–Crippen LogP) is 3.27. The molecule has 35 heavy (non-hydrogen) atoms. The van der Waals surface area contributed by atoms with Gasteiger partial charge in [-0.2, -0.15) is 0 Å². The summed E-state index contributed by atoms with van der Waals surface area (Å²) in [5.74, 6) is -5.93. The number of aromatic hydroxyl groups is 1. The number of fused-ring (bicyclic) bond motifs is 6. The molecule has 5 rings (SSSR count). The van der Waals surface area contributed by atoms with Crippen molar-refractivity contribution in [1.29, 1.82) is 0 Å². The zero-order valence-corrected chi connectivity index (χ0v) is 19.5. The number of nitrogens with one attached hydrogen (secondary N) is 1. The number of rotatable bonds is 3. The second kappa shape index (κ2) is 8.56. The van der Waals surface area contributed by atoms with Crippen LogP contribution >= 0.6 is 15.9 Å². The van der Waals surface area contributed by atoms with E-state index in [1.807, 2.05) is 18.2 Å². The molecule has 0 saturated heterocycles. The summed E-state index contributed by atoms with van der Waals surface area (Å²) in [6.07, 6.45) is 1.76. The number of carbonyl (C=O) groups is 2. The summed E-state index contributed by atoms with van der Waals surface area (Å²) in [4.78, 5) is 40.3. The first kappa shape index (κ1) is 23.2. The second-order valence-electron chi connectivity index (χ2n) is 8.37. The molecular weight excluding hydrogens is 531 g/mol. The summed E-state index contributed by atoms with van der Waals surface area (Å²) >= 11 is 3.44. The van der Waals surface area contributed by atoms with Crippen LogP contribution in [0, 0.1) is 17.5 Å². The van der Waals surface area contributed by atoms with Crippen molar-refractivity contribution in [3.63, 3.8) is 0 Å². The molecule has 0 unspecified atom stereocenters. The highest BCUT2D eigenvalue weighted by molar-refractivity contribution is 9.10. The van der Waals surface area contributed by atoms with Gasteiger partial charge in [-0.3, -0.25) is 14.4 Å². The number of amides is 2. The lowest BCUT2D eigenvalue weighted by Crippen LogP contribution is -2.45. The first-order valence-electron chi connectivity index (χ1n) is 10.6. The molecule has 0 fully saturated rings. The Labute approximate surface area is 204 Å². The van der Waals surface area contributed by atoms with Gasteiger partial charge in [-0.05, 0) is 29.7 Å². The molecule has 1 aromatic heterocycles. The van der Waals surface area contributed by atoms with Crippen molar-refractivity contribution >= 4 is 27.7 Å². The summed E-state index contributed by atoms with van der Waals surface area (Å²) in [6.45, 7) is 0.00391.